The van der Waals surface area contributed by atoms with Gasteiger partial charge in [-0.05, 0) is 24.1 Å². The number of nitrogens with zero attached hydrogens (tertiary/aromatic N) is 1. The van der Waals surface area contributed by atoms with Crippen LogP contribution in [0.3, 0.4) is 0 Å². The van der Waals surface area contributed by atoms with Crippen LogP contribution in [0, 0.1) is 0 Å². The van der Waals surface area contributed by atoms with E-state index < -0.39 is 11.7 Å². The molecule has 0 unspecified atom stereocenters. The number of hydrogen-bond acceptors (Lipinski definition) is 4. The summed E-state index contributed by atoms with van der Waals surface area (Å²) >= 11 is 0. The Morgan fingerprint density at radius 1 is 1.13 bits per heavy atom. The Kier molecular flexibility index (Phi) is 6.20. The lowest BCUT2D eigenvalue weighted by Gasteiger charge is -2.31. The monoisotopic (exact) mass is 434 g/mol. The van der Waals surface area contributed by atoms with Crippen LogP contribution in [0.2, 0.25) is 0 Å². The van der Waals surface area contributed by atoms with Gasteiger partial charge in [0.05, 0.1) is 31.4 Å². The van der Waals surface area contributed by atoms with E-state index in [1.54, 1.807) is 18.2 Å². The van der Waals surface area contributed by atoms with Crippen LogP contribution in [0.1, 0.15) is 18.1 Å². The quantitative estimate of drug-likeness (QED) is 0.783. The van der Waals surface area contributed by atoms with Gasteiger partial charge in [-0.1, -0.05) is 36.4 Å². The molecule has 0 aromatic heterocycles. The summed E-state index contributed by atoms with van der Waals surface area (Å²) < 4.78 is 51.8. The van der Waals surface area contributed by atoms with Crippen molar-refractivity contribution >= 4 is 5.91 Å². The highest BCUT2D eigenvalue weighted by atomic mass is 19.4. The van der Waals surface area contributed by atoms with E-state index in [0.29, 0.717) is 50.6 Å². The van der Waals surface area contributed by atoms with Gasteiger partial charge in [-0.25, -0.2) is 0 Å². The molecule has 1 N–H and O–H groups in total. The minimum atomic E-state index is -4.46. The first kappa shape index (κ1) is 21.6. The van der Waals surface area contributed by atoms with E-state index in [-0.39, 0.29) is 23.6 Å². The zero-order valence-electron chi connectivity index (χ0n) is 17.2. The number of fused-ring (bicyclic) bond motifs is 1. The highest BCUT2D eigenvalue weighted by Gasteiger charge is 2.35. The number of rotatable bonds is 5. The van der Waals surface area contributed by atoms with Crippen LogP contribution in [0.25, 0.3) is 11.1 Å². The molecule has 0 bridgehead atoms. The maximum absolute atomic E-state index is 13.5. The summed E-state index contributed by atoms with van der Waals surface area (Å²) in [5.74, 6) is 0.365. The molecule has 2 heterocycles. The maximum Gasteiger partial charge on any atom is 0.417 e. The van der Waals surface area contributed by atoms with Crippen molar-refractivity contribution in [2.24, 2.45) is 0 Å². The third-order valence-electron chi connectivity index (χ3n) is 5.83. The summed E-state index contributed by atoms with van der Waals surface area (Å²) in [6.45, 7) is 4.80. The van der Waals surface area contributed by atoms with Crippen molar-refractivity contribution in [3.05, 3.63) is 53.6 Å². The molecule has 2 aliphatic heterocycles. The molecule has 8 heteroatoms. The number of morpholine rings is 1. The Balaban J connectivity index is 1.45. The number of nitrogens with one attached hydrogen (secondary N) is 1. The second-order valence-electron chi connectivity index (χ2n) is 7.85. The molecular weight excluding hydrogens is 409 g/mol. The molecule has 0 saturated carbocycles. The minimum Gasteiger partial charge on any atom is -0.487 e. The molecule has 0 spiro atoms. The van der Waals surface area contributed by atoms with Gasteiger partial charge in [0.15, 0.2) is 0 Å². The normalized spacial score (nSPS) is 20.1. The van der Waals surface area contributed by atoms with Crippen LogP contribution < -0.4 is 10.1 Å². The first-order valence-electron chi connectivity index (χ1n) is 10.4. The second-order valence-corrected chi connectivity index (χ2v) is 7.85. The average molecular weight is 434 g/mol. The number of hydrogen-bond donors (Lipinski definition) is 1. The average Bonchev–Trinajstić information content (AvgIpc) is 3.20. The fourth-order valence-corrected chi connectivity index (χ4v) is 4.12. The van der Waals surface area contributed by atoms with E-state index >= 15 is 0 Å². The molecule has 4 rings (SSSR count). The van der Waals surface area contributed by atoms with E-state index in [0.717, 1.165) is 11.6 Å². The molecular formula is C23H25F3N2O3. The van der Waals surface area contributed by atoms with Crippen molar-refractivity contribution < 1.29 is 27.4 Å². The summed E-state index contributed by atoms with van der Waals surface area (Å²) in [6.07, 6.45) is -4.25. The molecule has 2 aromatic carbocycles. The van der Waals surface area contributed by atoms with Gasteiger partial charge in [0.1, 0.15) is 11.9 Å². The first-order valence-corrected chi connectivity index (χ1v) is 10.4. The third kappa shape index (κ3) is 4.70. The van der Waals surface area contributed by atoms with E-state index in [4.69, 9.17) is 9.47 Å². The zero-order chi connectivity index (χ0) is 22.0. The topological polar surface area (TPSA) is 50.8 Å². The first-order chi connectivity index (χ1) is 14.8. The van der Waals surface area contributed by atoms with Gasteiger partial charge in [0, 0.05) is 25.1 Å². The van der Waals surface area contributed by atoms with Crippen molar-refractivity contribution in [1.82, 2.24) is 10.2 Å². The van der Waals surface area contributed by atoms with Gasteiger partial charge in [0.2, 0.25) is 5.91 Å². The number of carbonyl (C=O) groups excluding carboxylic acids is 1. The highest BCUT2D eigenvalue weighted by molar-refractivity contribution is 5.81. The fourth-order valence-electron chi connectivity index (χ4n) is 4.12. The van der Waals surface area contributed by atoms with Crippen molar-refractivity contribution in [3.63, 3.8) is 0 Å². The van der Waals surface area contributed by atoms with Gasteiger partial charge in [-0.3, -0.25) is 9.69 Å². The number of carbonyl (C=O) groups is 1. The summed E-state index contributed by atoms with van der Waals surface area (Å²) in [6, 6.07) is 10.5. The summed E-state index contributed by atoms with van der Waals surface area (Å²) in [5.41, 5.74) is 0.663. The molecule has 0 radical (unpaired) electrons. The molecule has 31 heavy (non-hydrogen) atoms. The van der Waals surface area contributed by atoms with E-state index in [1.807, 2.05) is 13.0 Å². The smallest absolute Gasteiger partial charge is 0.417 e. The van der Waals surface area contributed by atoms with Crippen LogP contribution in [0.15, 0.2) is 42.5 Å². The second kappa shape index (κ2) is 8.88. The Labute approximate surface area is 179 Å². The van der Waals surface area contributed by atoms with Gasteiger partial charge in [0.25, 0.3) is 0 Å². The molecule has 2 atom stereocenters. The number of para-hydroxylation sites is 1. The van der Waals surface area contributed by atoms with E-state index in [1.165, 1.54) is 12.1 Å². The molecule has 0 aliphatic carbocycles. The summed E-state index contributed by atoms with van der Waals surface area (Å²) in [5, 5.41) is 2.92. The zero-order valence-corrected chi connectivity index (χ0v) is 17.2. The number of alkyl halides is 3. The standard InChI is InChI=1S/C23H25F3N2O3/c1-15(28-9-11-30-12-10-28)22(29)27-14-17-13-16-5-4-7-19(21(16)31-17)18-6-2-3-8-20(18)23(24,25)26/h2-8,15,17H,9-14H2,1H3,(H,27,29)/t15-,17+/m1/s1. The SMILES string of the molecule is C[C@H](C(=O)NC[C@@H]1Cc2cccc(-c3ccccc3C(F)(F)F)c2O1)N1CCOCC1. The minimum absolute atomic E-state index is 0.0934. The molecule has 166 valence electrons. The van der Waals surface area contributed by atoms with Gasteiger partial charge in [-0.2, -0.15) is 13.2 Å². The van der Waals surface area contributed by atoms with E-state index in [9.17, 15) is 18.0 Å². The van der Waals surface area contributed by atoms with Crippen LogP contribution in [-0.4, -0.2) is 55.8 Å². The Hall–Kier alpha value is -2.58. The van der Waals surface area contributed by atoms with Crippen LogP contribution >= 0.6 is 0 Å². The van der Waals surface area contributed by atoms with Gasteiger partial charge < -0.3 is 14.8 Å². The Bertz CT molecular complexity index is 942. The molecule has 1 fully saturated rings. The van der Waals surface area contributed by atoms with Crippen LogP contribution in [0.5, 0.6) is 5.75 Å². The lowest BCUT2D eigenvalue weighted by Crippen LogP contribution is -2.50. The van der Waals surface area contributed by atoms with Gasteiger partial charge in [-0.15, -0.1) is 0 Å². The molecule has 1 amide bonds. The largest absolute Gasteiger partial charge is 0.487 e. The maximum atomic E-state index is 13.5. The highest BCUT2D eigenvalue weighted by Crippen LogP contribution is 2.43. The number of ether oxygens (including phenoxy) is 2. The lowest BCUT2D eigenvalue weighted by atomic mass is 9.96. The Morgan fingerprint density at radius 3 is 2.58 bits per heavy atom. The number of amides is 1. The lowest BCUT2D eigenvalue weighted by molar-refractivity contribution is -0.137. The van der Waals surface area contributed by atoms with Crippen molar-refractivity contribution in [3.8, 4) is 16.9 Å². The van der Waals surface area contributed by atoms with Crippen molar-refractivity contribution in [1.29, 1.82) is 0 Å². The van der Waals surface area contributed by atoms with Crippen LogP contribution in [0.4, 0.5) is 13.2 Å². The van der Waals surface area contributed by atoms with Gasteiger partial charge >= 0.3 is 6.18 Å². The van der Waals surface area contributed by atoms with Crippen molar-refractivity contribution in [2.75, 3.05) is 32.8 Å². The summed E-state index contributed by atoms with van der Waals surface area (Å²) in [7, 11) is 0. The van der Waals surface area contributed by atoms with E-state index in [2.05, 4.69) is 10.2 Å². The molecule has 2 aromatic rings. The molecule has 5 nitrogen and oxygen atoms in total. The third-order valence-corrected chi connectivity index (χ3v) is 5.83. The number of benzene rings is 2. The van der Waals surface area contributed by atoms with Crippen molar-refractivity contribution in [2.45, 2.75) is 31.7 Å². The number of halogens is 3. The Morgan fingerprint density at radius 2 is 1.84 bits per heavy atom. The predicted octanol–water partition coefficient (Wildman–Crippen LogP) is 3.51. The summed E-state index contributed by atoms with van der Waals surface area (Å²) in [4.78, 5) is 14.6. The van der Waals surface area contributed by atoms with Crippen LogP contribution in [-0.2, 0) is 22.1 Å². The molecule has 1 saturated heterocycles. The molecule has 2 aliphatic rings. The fraction of sp³-hybridized carbons (Fsp3) is 0.435. The predicted molar refractivity (Wildman–Crippen MR) is 110 cm³/mol.